The summed E-state index contributed by atoms with van der Waals surface area (Å²) in [5, 5.41) is 10.0. The zero-order valence-electron chi connectivity index (χ0n) is 11.8. The Kier molecular flexibility index (Phi) is 4.83. The van der Waals surface area contributed by atoms with E-state index in [1.807, 2.05) is 6.92 Å². The molecule has 1 unspecified atom stereocenters. The van der Waals surface area contributed by atoms with Crippen molar-refractivity contribution in [1.29, 1.82) is 0 Å². The molecule has 20 heavy (non-hydrogen) atoms. The fourth-order valence-corrected chi connectivity index (χ4v) is 2.47. The Morgan fingerprint density at radius 2 is 2.25 bits per heavy atom. The molecule has 2 rings (SSSR count). The van der Waals surface area contributed by atoms with Crippen LogP contribution in [0.2, 0.25) is 0 Å². The van der Waals surface area contributed by atoms with Crippen LogP contribution in [0.25, 0.3) is 0 Å². The molecular formula is C15H21FN2O2. The maximum Gasteiger partial charge on any atom is 0.182 e. The van der Waals surface area contributed by atoms with Crippen LogP contribution in [0.5, 0.6) is 0 Å². The summed E-state index contributed by atoms with van der Waals surface area (Å²) < 4.78 is 12.7. The van der Waals surface area contributed by atoms with Crippen molar-refractivity contribution in [3.63, 3.8) is 0 Å². The molecule has 0 radical (unpaired) electrons. The molecule has 1 aliphatic rings. The molecule has 1 aromatic heterocycles. The molecule has 1 aromatic rings. The van der Waals surface area contributed by atoms with Gasteiger partial charge in [-0.2, -0.15) is 0 Å². The molecule has 2 heterocycles. The number of rotatable bonds is 4. The summed E-state index contributed by atoms with van der Waals surface area (Å²) in [4.78, 5) is 17.9. The van der Waals surface area contributed by atoms with Gasteiger partial charge in [-0.15, -0.1) is 0 Å². The largest absolute Gasteiger partial charge is 0.390 e. The summed E-state index contributed by atoms with van der Waals surface area (Å²) in [6.07, 6.45) is 3.92. The summed E-state index contributed by atoms with van der Waals surface area (Å²) in [5.41, 5.74) is -0.273. The number of aromatic nitrogens is 1. The second-order valence-electron chi connectivity index (χ2n) is 5.73. The Hall–Kier alpha value is -1.33. The number of hydrogen-bond acceptors (Lipinski definition) is 4. The molecule has 1 fully saturated rings. The highest BCUT2D eigenvalue weighted by Gasteiger charge is 2.25. The minimum absolute atomic E-state index is 0.0685. The van der Waals surface area contributed by atoms with E-state index in [-0.39, 0.29) is 5.78 Å². The molecule has 110 valence electrons. The van der Waals surface area contributed by atoms with Crippen LogP contribution in [0, 0.1) is 5.82 Å². The van der Waals surface area contributed by atoms with Crippen LogP contribution in [0.4, 0.5) is 4.39 Å². The van der Waals surface area contributed by atoms with Crippen LogP contribution in [0.3, 0.4) is 0 Å². The molecule has 0 aromatic carbocycles. The van der Waals surface area contributed by atoms with E-state index in [1.165, 1.54) is 12.1 Å². The zero-order valence-corrected chi connectivity index (χ0v) is 11.8. The highest BCUT2D eigenvalue weighted by Crippen LogP contribution is 2.21. The molecule has 0 aliphatic carbocycles. The van der Waals surface area contributed by atoms with Gasteiger partial charge in [-0.05, 0) is 44.9 Å². The van der Waals surface area contributed by atoms with E-state index in [4.69, 9.17) is 0 Å². The van der Waals surface area contributed by atoms with Crippen molar-refractivity contribution in [2.45, 2.75) is 38.2 Å². The van der Waals surface area contributed by atoms with Gasteiger partial charge < -0.3 is 10.0 Å². The van der Waals surface area contributed by atoms with Crippen molar-refractivity contribution in [2.24, 2.45) is 0 Å². The van der Waals surface area contributed by atoms with Gasteiger partial charge in [0.15, 0.2) is 5.78 Å². The first-order valence-corrected chi connectivity index (χ1v) is 7.06. The molecule has 1 saturated heterocycles. The monoisotopic (exact) mass is 280 g/mol. The molecular weight excluding hydrogens is 259 g/mol. The quantitative estimate of drug-likeness (QED) is 0.857. The summed E-state index contributed by atoms with van der Waals surface area (Å²) in [5.74, 6) is -0.502. The first kappa shape index (κ1) is 15.1. The van der Waals surface area contributed by atoms with Gasteiger partial charge in [0, 0.05) is 19.5 Å². The van der Waals surface area contributed by atoms with Crippen molar-refractivity contribution >= 4 is 5.78 Å². The van der Waals surface area contributed by atoms with Gasteiger partial charge in [0.2, 0.25) is 0 Å². The minimum atomic E-state index is -0.586. The summed E-state index contributed by atoms with van der Waals surface area (Å²) in [7, 11) is 0. The van der Waals surface area contributed by atoms with E-state index in [0.29, 0.717) is 18.7 Å². The normalized spacial score (nSPS) is 24.4. The number of ketones is 1. The first-order chi connectivity index (χ1) is 9.46. The summed E-state index contributed by atoms with van der Waals surface area (Å²) in [6, 6.07) is 2.67. The Bertz CT molecular complexity index is 459. The van der Waals surface area contributed by atoms with Gasteiger partial charge in [0.25, 0.3) is 0 Å². The Labute approximate surface area is 118 Å². The summed E-state index contributed by atoms with van der Waals surface area (Å²) >= 11 is 0. The standard InChI is InChI=1S/C15H21FN2O2/c1-15(20)6-2-8-18(10-7-15)9-5-14(19)13-4-3-12(16)11-17-13/h3-4,11,20H,2,5-10H2,1H3. The smallest absolute Gasteiger partial charge is 0.182 e. The average Bonchev–Trinajstić information content (AvgIpc) is 2.58. The van der Waals surface area contributed by atoms with Gasteiger partial charge >= 0.3 is 0 Å². The molecule has 0 amide bonds. The lowest BCUT2D eigenvalue weighted by molar-refractivity contribution is 0.0446. The molecule has 0 bridgehead atoms. The Morgan fingerprint density at radius 1 is 1.45 bits per heavy atom. The highest BCUT2D eigenvalue weighted by atomic mass is 19.1. The van der Waals surface area contributed by atoms with E-state index in [1.54, 1.807) is 0 Å². The van der Waals surface area contributed by atoms with E-state index in [2.05, 4.69) is 9.88 Å². The van der Waals surface area contributed by atoms with Gasteiger partial charge in [-0.3, -0.25) is 9.78 Å². The second-order valence-corrected chi connectivity index (χ2v) is 5.73. The number of carbonyl (C=O) groups excluding carboxylic acids is 1. The van der Waals surface area contributed by atoms with E-state index >= 15 is 0 Å². The fraction of sp³-hybridized carbons (Fsp3) is 0.600. The molecule has 0 spiro atoms. The number of nitrogens with zero attached hydrogens (tertiary/aromatic N) is 2. The van der Waals surface area contributed by atoms with E-state index < -0.39 is 11.4 Å². The molecule has 4 nitrogen and oxygen atoms in total. The molecule has 0 saturated carbocycles. The van der Waals surface area contributed by atoms with E-state index in [0.717, 1.165) is 38.5 Å². The molecule has 1 N–H and O–H groups in total. The van der Waals surface area contributed by atoms with E-state index in [9.17, 15) is 14.3 Å². The summed E-state index contributed by atoms with van der Waals surface area (Å²) in [6.45, 7) is 4.23. The van der Waals surface area contributed by atoms with Crippen molar-refractivity contribution in [1.82, 2.24) is 9.88 Å². The topological polar surface area (TPSA) is 53.4 Å². The van der Waals surface area contributed by atoms with Crippen LogP contribution < -0.4 is 0 Å². The third-order valence-corrected chi connectivity index (χ3v) is 3.82. The van der Waals surface area contributed by atoms with Crippen molar-refractivity contribution in [2.75, 3.05) is 19.6 Å². The number of hydrogen-bond donors (Lipinski definition) is 1. The highest BCUT2D eigenvalue weighted by molar-refractivity contribution is 5.94. The number of carbonyl (C=O) groups is 1. The minimum Gasteiger partial charge on any atom is -0.390 e. The maximum atomic E-state index is 12.7. The van der Waals surface area contributed by atoms with Crippen molar-refractivity contribution < 1.29 is 14.3 Å². The number of likely N-dealkylation sites (tertiary alicyclic amines) is 1. The number of pyridine rings is 1. The second kappa shape index (κ2) is 6.41. The third-order valence-electron chi connectivity index (χ3n) is 3.82. The molecule has 5 heteroatoms. The van der Waals surface area contributed by atoms with Gasteiger partial charge in [0.1, 0.15) is 11.5 Å². The lowest BCUT2D eigenvalue weighted by Crippen LogP contribution is -2.30. The van der Waals surface area contributed by atoms with Crippen LogP contribution in [-0.4, -0.2) is 46.0 Å². The number of Topliss-reactive ketones (excluding diaryl/α,β-unsaturated/α-hetero) is 1. The third kappa shape index (κ3) is 4.35. The predicted molar refractivity (Wildman–Crippen MR) is 74.1 cm³/mol. The Balaban J connectivity index is 1.83. The predicted octanol–water partition coefficient (Wildman–Crippen LogP) is 2.03. The molecule has 1 aliphatic heterocycles. The van der Waals surface area contributed by atoms with Gasteiger partial charge in [-0.1, -0.05) is 0 Å². The SMILES string of the molecule is CC1(O)CCCN(CCC(=O)c2ccc(F)cn2)CC1. The van der Waals surface area contributed by atoms with Crippen molar-refractivity contribution in [3.05, 3.63) is 29.8 Å². The number of aliphatic hydroxyl groups is 1. The lowest BCUT2D eigenvalue weighted by atomic mass is 9.98. The average molecular weight is 280 g/mol. The maximum absolute atomic E-state index is 12.7. The van der Waals surface area contributed by atoms with Crippen LogP contribution in [0.15, 0.2) is 18.3 Å². The number of halogens is 1. The molecule has 1 atom stereocenters. The van der Waals surface area contributed by atoms with Crippen molar-refractivity contribution in [3.8, 4) is 0 Å². The first-order valence-electron chi connectivity index (χ1n) is 7.06. The van der Waals surface area contributed by atoms with Crippen LogP contribution >= 0.6 is 0 Å². The van der Waals surface area contributed by atoms with Crippen LogP contribution in [-0.2, 0) is 0 Å². The van der Waals surface area contributed by atoms with Crippen LogP contribution in [0.1, 0.15) is 43.1 Å². The van der Waals surface area contributed by atoms with Gasteiger partial charge in [-0.25, -0.2) is 4.39 Å². The van der Waals surface area contributed by atoms with Gasteiger partial charge in [0.05, 0.1) is 11.8 Å². The lowest BCUT2D eigenvalue weighted by Gasteiger charge is -2.22. The fourth-order valence-electron chi connectivity index (χ4n) is 2.47. The Morgan fingerprint density at radius 3 is 2.95 bits per heavy atom. The zero-order chi connectivity index (χ0) is 14.6.